The summed E-state index contributed by atoms with van der Waals surface area (Å²) in [5.41, 5.74) is 3.96. The van der Waals surface area contributed by atoms with Gasteiger partial charge in [-0.15, -0.1) is 0 Å². The minimum atomic E-state index is -1.20. The van der Waals surface area contributed by atoms with Gasteiger partial charge in [0.05, 0.1) is 5.52 Å². The Labute approximate surface area is 193 Å². The molecule has 0 atom stereocenters. The molecule has 174 valence electrons. The number of aromatic nitrogens is 1. The normalized spacial score (nSPS) is 13.6. The SMILES string of the molecule is CNC(=O)c1ccc2c(c1)CN(Cc1ccc3c(c1)oc(=O)n3COCC[Si](C)(C)C)C2=O. The van der Waals surface area contributed by atoms with Crippen LogP contribution in [-0.2, 0) is 24.6 Å². The molecule has 0 fully saturated rings. The summed E-state index contributed by atoms with van der Waals surface area (Å²) >= 11 is 0. The average molecular weight is 468 g/mol. The van der Waals surface area contributed by atoms with Crippen molar-refractivity contribution in [2.24, 2.45) is 0 Å². The van der Waals surface area contributed by atoms with Crippen molar-refractivity contribution in [3.63, 3.8) is 0 Å². The summed E-state index contributed by atoms with van der Waals surface area (Å²) in [6.45, 7) is 8.41. The van der Waals surface area contributed by atoms with Gasteiger partial charge in [-0.05, 0) is 47.5 Å². The van der Waals surface area contributed by atoms with Gasteiger partial charge in [-0.1, -0.05) is 25.7 Å². The van der Waals surface area contributed by atoms with Crippen molar-refractivity contribution in [2.75, 3.05) is 13.7 Å². The smallest absolute Gasteiger partial charge is 0.408 e. The highest BCUT2D eigenvalue weighted by molar-refractivity contribution is 6.76. The molecule has 1 N–H and O–H groups in total. The third-order valence-corrected chi connectivity index (χ3v) is 7.50. The lowest BCUT2D eigenvalue weighted by Crippen LogP contribution is -2.23. The molecule has 0 radical (unpaired) electrons. The Hall–Kier alpha value is -3.17. The van der Waals surface area contributed by atoms with Crippen LogP contribution < -0.4 is 11.1 Å². The van der Waals surface area contributed by atoms with Gasteiger partial charge in [-0.25, -0.2) is 9.36 Å². The van der Waals surface area contributed by atoms with Crippen molar-refractivity contribution in [1.82, 2.24) is 14.8 Å². The van der Waals surface area contributed by atoms with Crippen LogP contribution >= 0.6 is 0 Å². The monoisotopic (exact) mass is 467 g/mol. The fourth-order valence-corrected chi connectivity index (χ4v) is 4.64. The molecule has 3 aromatic rings. The number of nitrogens with zero attached hydrogens (tertiary/aromatic N) is 2. The maximum atomic E-state index is 12.8. The molecule has 1 aromatic heterocycles. The van der Waals surface area contributed by atoms with Crippen LogP contribution in [-0.4, -0.2) is 43.0 Å². The Bertz CT molecular complexity index is 1270. The summed E-state index contributed by atoms with van der Waals surface area (Å²) in [6.07, 6.45) is 0. The van der Waals surface area contributed by atoms with Crippen LogP contribution in [0.15, 0.2) is 45.6 Å². The van der Waals surface area contributed by atoms with Gasteiger partial charge in [0.2, 0.25) is 0 Å². The van der Waals surface area contributed by atoms with Crippen molar-refractivity contribution in [2.45, 2.75) is 45.5 Å². The van der Waals surface area contributed by atoms with Gasteiger partial charge in [0, 0.05) is 45.9 Å². The molecule has 0 saturated carbocycles. The van der Waals surface area contributed by atoms with Crippen LogP contribution in [0.4, 0.5) is 0 Å². The Kier molecular flexibility index (Phi) is 6.27. The number of ether oxygens (including phenoxy) is 1. The zero-order valence-corrected chi connectivity index (χ0v) is 20.4. The first-order chi connectivity index (χ1) is 15.7. The molecule has 2 amide bonds. The van der Waals surface area contributed by atoms with Gasteiger partial charge in [-0.2, -0.15) is 0 Å². The molecule has 2 aromatic carbocycles. The van der Waals surface area contributed by atoms with Crippen molar-refractivity contribution in [3.8, 4) is 0 Å². The Balaban J connectivity index is 1.47. The summed E-state index contributed by atoms with van der Waals surface area (Å²) in [7, 11) is 0.378. The first kappa shape index (κ1) is 23.0. The molecule has 9 heteroatoms. The van der Waals surface area contributed by atoms with Gasteiger partial charge in [-0.3, -0.25) is 9.59 Å². The molecule has 1 aliphatic rings. The zero-order chi connectivity index (χ0) is 23.8. The van der Waals surface area contributed by atoms with Gasteiger partial charge < -0.3 is 19.4 Å². The van der Waals surface area contributed by atoms with Crippen LogP contribution in [0.25, 0.3) is 11.1 Å². The van der Waals surface area contributed by atoms with E-state index in [4.69, 9.17) is 9.15 Å². The summed E-state index contributed by atoms with van der Waals surface area (Å²) in [6, 6.07) is 11.7. The van der Waals surface area contributed by atoms with E-state index in [1.165, 1.54) is 4.57 Å². The highest BCUT2D eigenvalue weighted by Gasteiger charge is 2.28. The van der Waals surface area contributed by atoms with Crippen molar-refractivity contribution >= 4 is 31.0 Å². The predicted molar refractivity (Wildman–Crippen MR) is 128 cm³/mol. The van der Waals surface area contributed by atoms with Crippen LogP contribution in [0.3, 0.4) is 0 Å². The number of rotatable bonds is 8. The number of carbonyl (C=O) groups is 2. The molecule has 1 aliphatic heterocycles. The fraction of sp³-hybridized carbons (Fsp3) is 0.375. The molecule has 0 spiro atoms. The van der Waals surface area contributed by atoms with Crippen molar-refractivity contribution in [1.29, 1.82) is 0 Å². The van der Waals surface area contributed by atoms with Gasteiger partial charge in [0.1, 0.15) is 6.73 Å². The van der Waals surface area contributed by atoms with E-state index in [1.54, 1.807) is 36.2 Å². The number of fused-ring (bicyclic) bond motifs is 2. The number of oxazole rings is 1. The quantitative estimate of drug-likeness (QED) is 0.405. The number of nitrogens with one attached hydrogen (secondary N) is 1. The lowest BCUT2D eigenvalue weighted by atomic mass is 10.1. The van der Waals surface area contributed by atoms with Gasteiger partial charge in [0.25, 0.3) is 11.8 Å². The third-order valence-electron chi connectivity index (χ3n) is 5.80. The van der Waals surface area contributed by atoms with E-state index in [9.17, 15) is 14.4 Å². The first-order valence-corrected chi connectivity index (χ1v) is 14.7. The molecular weight excluding hydrogens is 438 g/mol. The zero-order valence-electron chi connectivity index (χ0n) is 19.4. The second kappa shape index (κ2) is 8.99. The van der Waals surface area contributed by atoms with E-state index in [0.717, 1.165) is 17.2 Å². The number of benzene rings is 2. The van der Waals surface area contributed by atoms with Crippen molar-refractivity contribution in [3.05, 3.63) is 69.2 Å². The maximum Gasteiger partial charge on any atom is 0.421 e. The van der Waals surface area contributed by atoms with Crippen LogP contribution in [0.2, 0.25) is 25.7 Å². The largest absolute Gasteiger partial charge is 0.421 e. The fourth-order valence-electron chi connectivity index (χ4n) is 3.88. The molecule has 0 unspecified atom stereocenters. The van der Waals surface area contributed by atoms with E-state index < -0.39 is 13.8 Å². The average Bonchev–Trinajstić information content (AvgIpc) is 3.25. The van der Waals surface area contributed by atoms with Crippen LogP contribution in [0, 0.1) is 0 Å². The molecule has 0 saturated heterocycles. The van der Waals surface area contributed by atoms with E-state index in [1.807, 2.05) is 12.1 Å². The summed E-state index contributed by atoms with van der Waals surface area (Å²) in [5, 5.41) is 2.60. The van der Waals surface area contributed by atoms with Crippen LogP contribution in [0.5, 0.6) is 0 Å². The molecular formula is C24H29N3O5Si. The minimum Gasteiger partial charge on any atom is -0.408 e. The maximum absolute atomic E-state index is 12.8. The third kappa shape index (κ3) is 4.94. The standard InChI is InChI=1S/C24H29N3O5Si/c1-25-22(28)17-6-7-19-18(12-17)14-26(23(19)29)13-16-5-8-20-21(11-16)32-24(30)27(20)15-31-9-10-33(2,3)4/h5-8,11-12H,9-10,13-15H2,1-4H3,(H,25,28). The molecule has 0 aliphatic carbocycles. The first-order valence-electron chi connectivity index (χ1n) is 11.0. The summed E-state index contributed by atoms with van der Waals surface area (Å²) in [5.74, 6) is -0.719. The lowest BCUT2D eigenvalue weighted by Gasteiger charge is -2.16. The highest BCUT2D eigenvalue weighted by Crippen LogP contribution is 2.26. The molecule has 0 bridgehead atoms. The topological polar surface area (TPSA) is 93.8 Å². The molecule has 8 nitrogen and oxygen atoms in total. The Morgan fingerprint density at radius 1 is 1.15 bits per heavy atom. The Morgan fingerprint density at radius 3 is 2.67 bits per heavy atom. The molecule has 4 rings (SSSR count). The van der Waals surface area contributed by atoms with E-state index in [-0.39, 0.29) is 18.5 Å². The van der Waals surface area contributed by atoms with Crippen molar-refractivity contribution < 1.29 is 18.7 Å². The highest BCUT2D eigenvalue weighted by atomic mass is 28.3. The molecule has 2 heterocycles. The number of amides is 2. The van der Waals surface area contributed by atoms with E-state index in [0.29, 0.717) is 41.9 Å². The number of hydrogen-bond donors (Lipinski definition) is 1. The van der Waals surface area contributed by atoms with E-state index >= 15 is 0 Å². The second-order valence-corrected chi connectivity index (χ2v) is 15.2. The molecule has 33 heavy (non-hydrogen) atoms. The summed E-state index contributed by atoms with van der Waals surface area (Å²) in [4.78, 5) is 38.8. The van der Waals surface area contributed by atoms with E-state index in [2.05, 4.69) is 25.0 Å². The Morgan fingerprint density at radius 2 is 1.94 bits per heavy atom. The second-order valence-electron chi connectivity index (χ2n) is 9.56. The minimum absolute atomic E-state index is 0.0802. The number of carbonyl (C=O) groups excluding carboxylic acids is 2. The van der Waals surface area contributed by atoms with Gasteiger partial charge in [0.15, 0.2) is 5.58 Å². The lowest BCUT2D eigenvalue weighted by molar-refractivity contribution is 0.0766. The van der Waals surface area contributed by atoms with Gasteiger partial charge >= 0.3 is 5.76 Å². The van der Waals surface area contributed by atoms with Crippen LogP contribution in [0.1, 0.15) is 31.8 Å². The number of hydrogen-bond acceptors (Lipinski definition) is 5. The predicted octanol–water partition coefficient (Wildman–Crippen LogP) is 3.42. The summed E-state index contributed by atoms with van der Waals surface area (Å²) < 4.78 is 12.6.